The van der Waals surface area contributed by atoms with Crippen molar-refractivity contribution >= 4 is 24.7 Å². The van der Waals surface area contributed by atoms with Crippen LogP contribution in [0.3, 0.4) is 0 Å². The zero-order chi connectivity index (χ0) is 8.06. The van der Waals surface area contributed by atoms with Gasteiger partial charge in [0.15, 0.2) is 0 Å². The Bertz CT molecular complexity index is 200. The van der Waals surface area contributed by atoms with Crippen LogP contribution in [0.2, 0.25) is 18.1 Å². The minimum atomic E-state index is -0.130. The zero-order valence-corrected chi connectivity index (χ0v) is 9.69. The van der Waals surface area contributed by atoms with E-state index in [1.807, 2.05) is 0 Å². The van der Waals surface area contributed by atoms with Gasteiger partial charge in [0, 0.05) is 4.83 Å². The van der Waals surface area contributed by atoms with Gasteiger partial charge in [-0.05, 0) is 23.8 Å². The van der Waals surface area contributed by atoms with Crippen molar-refractivity contribution in [3.8, 4) is 0 Å². The van der Waals surface area contributed by atoms with E-state index in [4.69, 9.17) is 0 Å². The van der Waals surface area contributed by atoms with Crippen LogP contribution in [-0.4, -0.2) is 13.6 Å². The van der Waals surface area contributed by atoms with E-state index in [1.54, 1.807) is 0 Å². The van der Waals surface area contributed by atoms with Gasteiger partial charge in [-0.1, -0.05) is 41.2 Å². The van der Waals surface area contributed by atoms with E-state index in [-0.39, 0.29) is 8.80 Å². The highest BCUT2D eigenvalue weighted by atomic mass is 79.9. The van der Waals surface area contributed by atoms with Crippen LogP contribution in [0, 0.1) is 5.92 Å². The van der Waals surface area contributed by atoms with Gasteiger partial charge in [-0.3, -0.25) is 0 Å². The largest absolute Gasteiger partial charge is 0.0884 e. The Labute approximate surface area is 78.8 Å². The molecule has 1 saturated carbocycles. The molecule has 2 aliphatic carbocycles. The minimum absolute atomic E-state index is 0.130. The predicted octanol–water partition coefficient (Wildman–Crippen LogP) is 3.22. The highest BCUT2D eigenvalue weighted by Gasteiger charge is 2.47. The van der Waals surface area contributed by atoms with Gasteiger partial charge in [0.1, 0.15) is 0 Å². The molecule has 0 amide bonds. The first-order valence-electron chi connectivity index (χ1n) is 4.28. The second-order valence-electron chi connectivity index (χ2n) is 4.10. The topological polar surface area (TPSA) is 0 Å². The molecule has 3 unspecified atom stereocenters. The Morgan fingerprint density at radius 3 is 2.45 bits per heavy atom. The van der Waals surface area contributed by atoms with Gasteiger partial charge in [-0.2, -0.15) is 0 Å². The van der Waals surface area contributed by atoms with Crippen LogP contribution in [0.1, 0.15) is 12.8 Å². The van der Waals surface area contributed by atoms with E-state index >= 15 is 0 Å². The molecule has 2 rings (SSSR count). The summed E-state index contributed by atoms with van der Waals surface area (Å²) in [6, 6.07) is 0. The molecule has 0 aromatic carbocycles. The van der Waals surface area contributed by atoms with Crippen molar-refractivity contribution in [1.29, 1.82) is 0 Å². The molecule has 0 N–H and O–H groups in total. The standard InChI is InChI=1S/C9H14BrSi/c1-11(2)9-4-3-7(5-9)8(10)6-9/h3-4,7-8H,5-6H2,1-2H3. The lowest BCUT2D eigenvalue weighted by molar-refractivity contribution is 0.698. The highest BCUT2D eigenvalue weighted by molar-refractivity contribution is 9.09. The number of allylic oxidation sites excluding steroid dienone is 2. The lowest BCUT2D eigenvalue weighted by atomic mass is 10.1. The molecular weight excluding hydrogens is 216 g/mol. The molecule has 1 fully saturated rings. The molecule has 0 saturated heterocycles. The minimum Gasteiger partial charge on any atom is -0.0884 e. The molecule has 0 nitrogen and oxygen atoms in total. The number of halogens is 1. The van der Waals surface area contributed by atoms with Gasteiger partial charge < -0.3 is 0 Å². The maximum atomic E-state index is 3.76. The highest BCUT2D eigenvalue weighted by Crippen LogP contribution is 2.58. The molecule has 11 heavy (non-hydrogen) atoms. The lowest BCUT2D eigenvalue weighted by Gasteiger charge is -2.27. The van der Waals surface area contributed by atoms with E-state index in [2.05, 4.69) is 41.2 Å². The smallest absolute Gasteiger partial charge is 0.0531 e. The summed E-state index contributed by atoms with van der Waals surface area (Å²) in [6.45, 7) is 4.89. The number of hydrogen-bond acceptors (Lipinski definition) is 0. The number of rotatable bonds is 1. The molecule has 0 heterocycles. The zero-order valence-electron chi connectivity index (χ0n) is 7.10. The molecule has 2 heteroatoms. The van der Waals surface area contributed by atoms with Gasteiger partial charge in [-0.25, -0.2) is 0 Å². The van der Waals surface area contributed by atoms with Crippen LogP contribution in [0.15, 0.2) is 12.2 Å². The Balaban J connectivity index is 2.25. The third kappa shape index (κ3) is 1.06. The van der Waals surface area contributed by atoms with Crippen LogP contribution in [0.4, 0.5) is 0 Å². The second-order valence-corrected chi connectivity index (χ2v) is 8.28. The Morgan fingerprint density at radius 2 is 2.18 bits per heavy atom. The molecule has 0 aromatic rings. The molecule has 61 valence electrons. The summed E-state index contributed by atoms with van der Waals surface area (Å²) in [6.07, 6.45) is 7.77. The van der Waals surface area contributed by atoms with Crippen molar-refractivity contribution in [2.24, 2.45) is 5.92 Å². The van der Waals surface area contributed by atoms with E-state index in [0.717, 1.165) is 10.7 Å². The lowest BCUT2D eigenvalue weighted by Crippen LogP contribution is -2.22. The van der Waals surface area contributed by atoms with Crippen LogP contribution in [0.5, 0.6) is 0 Å². The van der Waals surface area contributed by atoms with Crippen LogP contribution < -0.4 is 0 Å². The van der Waals surface area contributed by atoms with Crippen molar-refractivity contribution in [2.75, 3.05) is 0 Å². The first kappa shape index (κ1) is 8.05. The van der Waals surface area contributed by atoms with Crippen molar-refractivity contribution in [2.45, 2.75) is 35.8 Å². The van der Waals surface area contributed by atoms with Gasteiger partial charge in [0.05, 0.1) is 8.80 Å². The van der Waals surface area contributed by atoms with Crippen molar-refractivity contribution in [3.63, 3.8) is 0 Å². The Hall–Kier alpha value is 0.437. The van der Waals surface area contributed by atoms with Gasteiger partial charge in [-0.15, -0.1) is 0 Å². The average molecular weight is 230 g/mol. The Kier molecular flexibility index (Phi) is 1.80. The van der Waals surface area contributed by atoms with Crippen molar-refractivity contribution in [1.82, 2.24) is 0 Å². The van der Waals surface area contributed by atoms with Crippen LogP contribution in [0.25, 0.3) is 0 Å². The number of alkyl halides is 1. The molecule has 3 atom stereocenters. The number of hydrogen-bond donors (Lipinski definition) is 0. The summed E-state index contributed by atoms with van der Waals surface area (Å²) in [4.78, 5) is 0.785. The quantitative estimate of drug-likeness (QED) is 0.368. The monoisotopic (exact) mass is 229 g/mol. The summed E-state index contributed by atoms with van der Waals surface area (Å²) in [5.41, 5.74) is 0. The van der Waals surface area contributed by atoms with E-state index in [1.165, 1.54) is 12.8 Å². The SMILES string of the molecule is C[Si](C)C12C=CC(C1)C(Br)C2. The van der Waals surface area contributed by atoms with Crippen LogP contribution in [-0.2, 0) is 0 Å². The summed E-state index contributed by atoms with van der Waals surface area (Å²) in [5.74, 6) is 0.856. The summed E-state index contributed by atoms with van der Waals surface area (Å²) >= 11 is 3.76. The molecule has 2 bridgehead atoms. The van der Waals surface area contributed by atoms with E-state index in [9.17, 15) is 0 Å². The predicted molar refractivity (Wildman–Crippen MR) is 54.8 cm³/mol. The summed E-state index contributed by atoms with van der Waals surface area (Å²) < 4.78 is 0. The first-order chi connectivity index (χ1) is 5.14. The molecule has 0 aromatic heterocycles. The fourth-order valence-corrected chi connectivity index (χ4v) is 5.28. The fraction of sp³-hybridized carbons (Fsp3) is 0.778. The van der Waals surface area contributed by atoms with Gasteiger partial charge >= 0.3 is 0 Å². The maximum Gasteiger partial charge on any atom is 0.0531 e. The normalized spacial score (nSPS) is 47.6. The Morgan fingerprint density at radius 1 is 1.45 bits per heavy atom. The second kappa shape index (κ2) is 2.46. The van der Waals surface area contributed by atoms with Crippen LogP contribution >= 0.6 is 15.9 Å². The molecule has 0 spiro atoms. The van der Waals surface area contributed by atoms with Gasteiger partial charge in [0.25, 0.3) is 0 Å². The fourth-order valence-electron chi connectivity index (χ4n) is 2.34. The number of fused-ring (bicyclic) bond motifs is 2. The molecule has 1 radical (unpaired) electrons. The van der Waals surface area contributed by atoms with E-state index < -0.39 is 0 Å². The molecular formula is C9H14BrSi. The molecule has 0 aliphatic heterocycles. The van der Waals surface area contributed by atoms with Crippen molar-refractivity contribution in [3.05, 3.63) is 12.2 Å². The van der Waals surface area contributed by atoms with E-state index in [0.29, 0.717) is 5.04 Å². The van der Waals surface area contributed by atoms with Crippen molar-refractivity contribution < 1.29 is 0 Å². The maximum absolute atomic E-state index is 3.76. The average Bonchev–Trinajstić information content (AvgIpc) is 2.44. The summed E-state index contributed by atoms with van der Waals surface area (Å²) in [5, 5.41) is 0.656. The summed E-state index contributed by atoms with van der Waals surface area (Å²) in [7, 11) is -0.130. The third-order valence-corrected chi connectivity index (χ3v) is 6.85. The first-order valence-corrected chi connectivity index (χ1v) is 7.70. The third-order valence-electron chi connectivity index (χ3n) is 3.28. The van der Waals surface area contributed by atoms with Gasteiger partial charge in [0.2, 0.25) is 0 Å². The molecule has 2 aliphatic rings.